The largest absolute Gasteiger partial charge is 0.497 e. The van der Waals surface area contributed by atoms with Crippen molar-refractivity contribution in [3.63, 3.8) is 0 Å². The molecule has 0 fully saturated rings. The third-order valence-corrected chi connectivity index (χ3v) is 4.47. The van der Waals surface area contributed by atoms with Gasteiger partial charge in [-0.1, -0.05) is 12.1 Å². The number of ether oxygens (including phenoxy) is 1. The maximum Gasteiger partial charge on any atom is 0.206 e. The van der Waals surface area contributed by atoms with Crippen molar-refractivity contribution in [1.29, 1.82) is 0 Å². The van der Waals surface area contributed by atoms with Crippen molar-refractivity contribution in [3.05, 3.63) is 59.0 Å². The molecule has 0 atom stereocenters. The van der Waals surface area contributed by atoms with Gasteiger partial charge in [0.15, 0.2) is 0 Å². The molecule has 4 N–H and O–H groups in total. The van der Waals surface area contributed by atoms with Gasteiger partial charge in [-0.15, -0.1) is 11.3 Å². The average molecular weight is 325 g/mol. The van der Waals surface area contributed by atoms with Gasteiger partial charge < -0.3 is 16.2 Å². The third kappa shape index (κ3) is 3.02. The van der Waals surface area contributed by atoms with Crippen LogP contribution in [0.3, 0.4) is 0 Å². The maximum absolute atomic E-state index is 12.6. The monoisotopic (exact) mass is 325 g/mol. The number of anilines is 2. The second-order valence-electron chi connectivity index (χ2n) is 4.92. The van der Waals surface area contributed by atoms with Crippen LogP contribution in [0.25, 0.3) is 10.6 Å². The highest BCUT2D eigenvalue weighted by atomic mass is 32.1. The van der Waals surface area contributed by atoms with Gasteiger partial charge in [-0.2, -0.15) is 0 Å². The molecule has 0 aliphatic carbocycles. The van der Waals surface area contributed by atoms with E-state index in [9.17, 15) is 4.79 Å². The van der Waals surface area contributed by atoms with Gasteiger partial charge in [0.1, 0.15) is 21.5 Å². The van der Waals surface area contributed by atoms with Gasteiger partial charge in [0.2, 0.25) is 5.78 Å². The van der Waals surface area contributed by atoms with Crippen LogP contribution in [0, 0.1) is 0 Å². The summed E-state index contributed by atoms with van der Waals surface area (Å²) in [6.45, 7) is 0. The summed E-state index contributed by atoms with van der Waals surface area (Å²) in [6, 6.07) is 14.3. The number of carbonyl (C=O) groups excluding carboxylic acids is 1. The number of nitrogen functional groups attached to an aromatic ring is 2. The minimum Gasteiger partial charge on any atom is -0.497 e. The smallest absolute Gasteiger partial charge is 0.206 e. The van der Waals surface area contributed by atoms with Crippen LogP contribution in [-0.2, 0) is 0 Å². The number of nitrogens with two attached hydrogens (primary N) is 2. The van der Waals surface area contributed by atoms with Crippen LogP contribution in [0.15, 0.2) is 48.5 Å². The van der Waals surface area contributed by atoms with E-state index in [2.05, 4.69) is 4.98 Å². The summed E-state index contributed by atoms with van der Waals surface area (Å²) in [4.78, 5) is 17.4. The average Bonchev–Trinajstić information content (AvgIpc) is 2.96. The lowest BCUT2D eigenvalue weighted by Crippen LogP contribution is -2.02. The number of benzene rings is 2. The summed E-state index contributed by atoms with van der Waals surface area (Å²) in [5.74, 6) is 0.688. The van der Waals surface area contributed by atoms with Gasteiger partial charge in [0.05, 0.1) is 7.11 Å². The lowest BCUT2D eigenvalue weighted by atomic mass is 10.1. The first-order valence-corrected chi connectivity index (χ1v) is 7.71. The number of aromatic nitrogens is 1. The Morgan fingerprint density at radius 2 is 1.87 bits per heavy atom. The Kier molecular flexibility index (Phi) is 3.99. The number of ketones is 1. The topological polar surface area (TPSA) is 91.2 Å². The maximum atomic E-state index is 12.6. The van der Waals surface area contributed by atoms with Crippen molar-refractivity contribution in [1.82, 2.24) is 4.98 Å². The first kappa shape index (κ1) is 15.1. The van der Waals surface area contributed by atoms with E-state index in [-0.39, 0.29) is 11.6 Å². The van der Waals surface area contributed by atoms with Crippen LogP contribution in [-0.4, -0.2) is 17.9 Å². The van der Waals surface area contributed by atoms with Crippen molar-refractivity contribution in [3.8, 4) is 16.3 Å². The zero-order valence-corrected chi connectivity index (χ0v) is 13.3. The molecule has 0 amide bonds. The summed E-state index contributed by atoms with van der Waals surface area (Å²) in [6.07, 6.45) is 0. The fourth-order valence-electron chi connectivity index (χ4n) is 2.14. The highest BCUT2D eigenvalue weighted by molar-refractivity contribution is 7.17. The standard InChI is InChI=1S/C17H15N3O2S/c1-22-13-4-2-3-11(9-13)14(21)15-16(19)20-17(23-15)10-5-7-12(18)8-6-10/h2-9H,18-19H2,1H3. The van der Waals surface area contributed by atoms with Crippen molar-refractivity contribution < 1.29 is 9.53 Å². The second kappa shape index (κ2) is 6.10. The fourth-order valence-corrected chi connectivity index (χ4v) is 3.09. The minimum absolute atomic E-state index is 0.166. The predicted molar refractivity (Wildman–Crippen MR) is 92.8 cm³/mol. The lowest BCUT2D eigenvalue weighted by molar-refractivity contribution is 0.104. The molecule has 5 nitrogen and oxygen atoms in total. The van der Waals surface area contributed by atoms with Crippen molar-refractivity contribution in [2.75, 3.05) is 18.6 Å². The van der Waals surface area contributed by atoms with E-state index < -0.39 is 0 Å². The number of nitrogens with zero attached hydrogens (tertiary/aromatic N) is 1. The molecule has 1 aromatic heterocycles. The molecule has 0 aliphatic rings. The van der Waals surface area contributed by atoms with Gasteiger partial charge in [-0.3, -0.25) is 4.79 Å². The number of hydrogen-bond donors (Lipinski definition) is 2. The SMILES string of the molecule is COc1cccc(C(=O)c2sc(-c3ccc(N)cc3)nc2N)c1. The summed E-state index contributed by atoms with van der Waals surface area (Å²) in [5, 5.41) is 0.689. The Balaban J connectivity index is 1.97. The first-order valence-electron chi connectivity index (χ1n) is 6.89. The molecule has 23 heavy (non-hydrogen) atoms. The highest BCUT2D eigenvalue weighted by Gasteiger charge is 2.19. The van der Waals surface area contributed by atoms with Crippen LogP contribution in [0.2, 0.25) is 0 Å². The van der Waals surface area contributed by atoms with Crippen molar-refractivity contribution in [2.45, 2.75) is 0 Å². The molecular weight excluding hydrogens is 310 g/mol. The zero-order valence-electron chi connectivity index (χ0n) is 12.4. The predicted octanol–water partition coefficient (Wildman–Crippen LogP) is 3.21. The van der Waals surface area contributed by atoms with E-state index in [1.807, 2.05) is 12.1 Å². The Labute approximate surface area is 137 Å². The Morgan fingerprint density at radius 3 is 2.57 bits per heavy atom. The van der Waals surface area contributed by atoms with Crippen LogP contribution in [0.1, 0.15) is 15.2 Å². The molecule has 0 bridgehead atoms. The number of thiazole rings is 1. The fraction of sp³-hybridized carbons (Fsp3) is 0.0588. The molecule has 3 aromatic rings. The third-order valence-electron chi connectivity index (χ3n) is 3.35. The molecular formula is C17H15N3O2S. The molecule has 1 heterocycles. The molecule has 0 aliphatic heterocycles. The number of methoxy groups -OCH3 is 1. The molecule has 2 aromatic carbocycles. The molecule has 6 heteroatoms. The van der Waals surface area contributed by atoms with E-state index in [1.165, 1.54) is 11.3 Å². The van der Waals surface area contributed by atoms with E-state index in [4.69, 9.17) is 16.2 Å². The van der Waals surface area contributed by atoms with Gasteiger partial charge in [-0.05, 0) is 36.4 Å². The number of carbonyl (C=O) groups is 1. The first-order chi connectivity index (χ1) is 11.1. The molecule has 0 radical (unpaired) electrons. The second-order valence-corrected chi connectivity index (χ2v) is 5.92. The minimum atomic E-state index is -0.166. The Hall–Kier alpha value is -2.86. The Bertz CT molecular complexity index is 857. The Morgan fingerprint density at radius 1 is 1.13 bits per heavy atom. The highest BCUT2D eigenvalue weighted by Crippen LogP contribution is 2.32. The van der Waals surface area contributed by atoms with Crippen molar-refractivity contribution in [2.24, 2.45) is 0 Å². The quantitative estimate of drug-likeness (QED) is 0.568. The molecule has 3 rings (SSSR count). The van der Waals surface area contributed by atoms with Gasteiger partial charge in [-0.25, -0.2) is 4.98 Å². The molecule has 0 unspecified atom stereocenters. The molecule has 0 spiro atoms. The molecule has 0 saturated carbocycles. The van der Waals surface area contributed by atoms with Crippen LogP contribution >= 0.6 is 11.3 Å². The number of rotatable bonds is 4. The molecule has 0 saturated heterocycles. The zero-order chi connectivity index (χ0) is 16.4. The van der Waals surface area contributed by atoms with Crippen molar-refractivity contribution >= 4 is 28.6 Å². The normalized spacial score (nSPS) is 10.5. The summed E-state index contributed by atoms with van der Waals surface area (Å²) < 4.78 is 5.15. The van der Waals surface area contributed by atoms with Gasteiger partial charge in [0, 0.05) is 16.8 Å². The van der Waals surface area contributed by atoms with E-state index >= 15 is 0 Å². The van der Waals surface area contributed by atoms with E-state index in [1.54, 1.807) is 43.5 Å². The van der Waals surface area contributed by atoms with Crippen LogP contribution in [0.5, 0.6) is 5.75 Å². The van der Waals surface area contributed by atoms with Gasteiger partial charge in [0.25, 0.3) is 0 Å². The van der Waals surface area contributed by atoms with Crippen LogP contribution in [0.4, 0.5) is 11.5 Å². The van der Waals surface area contributed by atoms with Gasteiger partial charge >= 0.3 is 0 Å². The summed E-state index contributed by atoms with van der Waals surface area (Å²) in [7, 11) is 1.56. The lowest BCUT2D eigenvalue weighted by Gasteiger charge is -2.02. The van der Waals surface area contributed by atoms with Crippen LogP contribution < -0.4 is 16.2 Å². The summed E-state index contributed by atoms with van der Waals surface area (Å²) >= 11 is 1.27. The molecule has 116 valence electrons. The summed E-state index contributed by atoms with van der Waals surface area (Å²) in [5.41, 5.74) is 13.7. The van der Waals surface area contributed by atoms with E-state index in [0.717, 1.165) is 5.56 Å². The number of hydrogen-bond acceptors (Lipinski definition) is 6. The van der Waals surface area contributed by atoms with E-state index in [0.29, 0.717) is 26.9 Å².